The summed E-state index contributed by atoms with van der Waals surface area (Å²) in [5.41, 5.74) is 6.88. The molecule has 6 rings (SSSR count). The fraction of sp³-hybridized carbons (Fsp3) is 0.167. The molecule has 0 unspecified atom stereocenters. The molecule has 6 heteroatoms. The molecule has 1 aromatic carbocycles. The van der Waals surface area contributed by atoms with Crippen molar-refractivity contribution in [3.05, 3.63) is 109 Å². The van der Waals surface area contributed by atoms with E-state index < -0.39 is 5.54 Å². The van der Waals surface area contributed by atoms with E-state index in [1.54, 1.807) is 13.3 Å². The Labute approximate surface area is 209 Å². The van der Waals surface area contributed by atoms with Gasteiger partial charge in [-0.3, -0.25) is 9.97 Å². The van der Waals surface area contributed by atoms with E-state index in [9.17, 15) is 0 Å². The SMILES string of the molecule is COc1nccc2c(-c3cc(C)c4ccn(C(C)(c5ccccn5)c5ccccn5)c4c3)cn(C)c12. The van der Waals surface area contributed by atoms with Gasteiger partial charge >= 0.3 is 0 Å². The summed E-state index contributed by atoms with van der Waals surface area (Å²) in [7, 11) is 3.69. The van der Waals surface area contributed by atoms with Crippen molar-refractivity contribution in [1.82, 2.24) is 24.1 Å². The standard InChI is InChI=1S/C30H27N5O/c1-20-17-21(24-19-34(3)28-23(24)11-15-33-29(28)36-4)18-25-22(20)12-16-35(25)30(2,26-9-5-7-13-31-26)27-10-6-8-14-32-27/h5-19H,1-4H3. The van der Waals surface area contributed by atoms with Gasteiger partial charge in [0.2, 0.25) is 5.88 Å². The molecule has 0 aliphatic rings. The predicted octanol–water partition coefficient (Wildman–Crippen LogP) is 6.11. The molecule has 0 aliphatic heterocycles. The molecular weight excluding hydrogens is 446 g/mol. The van der Waals surface area contributed by atoms with Crippen molar-refractivity contribution in [3.63, 3.8) is 0 Å². The van der Waals surface area contributed by atoms with Gasteiger partial charge in [-0.1, -0.05) is 18.2 Å². The molecule has 5 aromatic heterocycles. The van der Waals surface area contributed by atoms with Gasteiger partial charge in [-0.2, -0.15) is 0 Å². The average molecular weight is 474 g/mol. The van der Waals surface area contributed by atoms with Crippen molar-refractivity contribution in [3.8, 4) is 17.0 Å². The largest absolute Gasteiger partial charge is 0.479 e. The molecule has 0 saturated carbocycles. The molecule has 0 radical (unpaired) electrons. The third-order valence-electron chi connectivity index (χ3n) is 7.18. The summed E-state index contributed by atoms with van der Waals surface area (Å²) in [6.07, 6.45) is 9.80. The number of aryl methyl sites for hydroxylation is 2. The summed E-state index contributed by atoms with van der Waals surface area (Å²) in [5.74, 6) is 0.625. The summed E-state index contributed by atoms with van der Waals surface area (Å²) >= 11 is 0. The van der Waals surface area contributed by atoms with Crippen LogP contribution >= 0.6 is 0 Å². The maximum absolute atomic E-state index is 5.55. The van der Waals surface area contributed by atoms with E-state index >= 15 is 0 Å². The van der Waals surface area contributed by atoms with Gasteiger partial charge in [0.05, 0.1) is 24.0 Å². The zero-order valence-corrected chi connectivity index (χ0v) is 20.8. The first kappa shape index (κ1) is 22.0. The lowest BCUT2D eigenvalue weighted by atomic mass is 9.91. The number of fused-ring (bicyclic) bond motifs is 2. The number of benzene rings is 1. The fourth-order valence-corrected chi connectivity index (χ4v) is 5.35. The smallest absolute Gasteiger partial charge is 0.238 e. The van der Waals surface area contributed by atoms with Gasteiger partial charge in [0.25, 0.3) is 0 Å². The van der Waals surface area contributed by atoms with Crippen molar-refractivity contribution in [1.29, 1.82) is 0 Å². The maximum atomic E-state index is 5.55. The molecule has 0 amide bonds. The van der Waals surface area contributed by atoms with Crippen LogP contribution in [0.1, 0.15) is 23.9 Å². The molecular formula is C30H27N5O. The van der Waals surface area contributed by atoms with E-state index in [2.05, 4.69) is 76.8 Å². The van der Waals surface area contributed by atoms with Gasteiger partial charge in [0.15, 0.2) is 0 Å². The van der Waals surface area contributed by atoms with Crippen molar-refractivity contribution in [2.75, 3.05) is 7.11 Å². The number of methoxy groups -OCH3 is 1. The quantitative estimate of drug-likeness (QED) is 0.303. The minimum atomic E-state index is -0.596. The second kappa shape index (κ2) is 8.34. The monoisotopic (exact) mass is 473 g/mol. The highest BCUT2D eigenvalue weighted by molar-refractivity contribution is 6.00. The van der Waals surface area contributed by atoms with Gasteiger partial charge in [-0.05, 0) is 67.4 Å². The Balaban J connectivity index is 1.63. The zero-order valence-electron chi connectivity index (χ0n) is 20.8. The van der Waals surface area contributed by atoms with Gasteiger partial charge < -0.3 is 13.9 Å². The van der Waals surface area contributed by atoms with Crippen LogP contribution in [0, 0.1) is 6.92 Å². The van der Waals surface area contributed by atoms with Gasteiger partial charge in [-0.25, -0.2) is 4.98 Å². The Morgan fingerprint density at radius 1 is 0.833 bits per heavy atom. The van der Waals surface area contributed by atoms with Crippen LogP contribution in [-0.2, 0) is 12.6 Å². The molecule has 0 aliphatic carbocycles. The highest BCUT2D eigenvalue weighted by Gasteiger charge is 2.35. The number of aromatic nitrogens is 5. The summed E-state index contributed by atoms with van der Waals surface area (Å²) in [5, 5.41) is 2.31. The second-order valence-corrected chi connectivity index (χ2v) is 9.28. The number of hydrogen-bond acceptors (Lipinski definition) is 4. The number of pyridine rings is 3. The first-order valence-electron chi connectivity index (χ1n) is 12.0. The van der Waals surface area contributed by atoms with Crippen LogP contribution in [0.3, 0.4) is 0 Å². The Morgan fingerprint density at radius 2 is 1.56 bits per heavy atom. The fourth-order valence-electron chi connectivity index (χ4n) is 5.35. The lowest BCUT2D eigenvalue weighted by Gasteiger charge is -2.32. The molecule has 6 aromatic rings. The molecule has 0 fully saturated rings. The Morgan fingerprint density at radius 3 is 2.19 bits per heavy atom. The van der Waals surface area contributed by atoms with Crippen LogP contribution in [0.25, 0.3) is 32.9 Å². The second-order valence-electron chi connectivity index (χ2n) is 9.28. The topological polar surface area (TPSA) is 57.8 Å². The molecule has 6 nitrogen and oxygen atoms in total. The summed E-state index contributed by atoms with van der Waals surface area (Å²) in [4.78, 5) is 13.9. The number of rotatable bonds is 5. The first-order valence-corrected chi connectivity index (χ1v) is 12.0. The van der Waals surface area contributed by atoms with Crippen LogP contribution in [0.15, 0.2) is 91.6 Å². The number of nitrogens with zero attached hydrogens (tertiary/aromatic N) is 5. The summed E-state index contributed by atoms with van der Waals surface area (Å²) < 4.78 is 9.94. The summed E-state index contributed by atoms with van der Waals surface area (Å²) in [6, 6.07) is 20.9. The van der Waals surface area contributed by atoms with E-state index in [0.29, 0.717) is 5.88 Å². The third kappa shape index (κ3) is 3.22. The van der Waals surface area contributed by atoms with Gasteiger partial charge in [0.1, 0.15) is 11.1 Å². The molecule has 178 valence electrons. The van der Waals surface area contributed by atoms with Crippen molar-refractivity contribution in [2.24, 2.45) is 7.05 Å². The minimum absolute atomic E-state index is 0.596. The normalized spacial score (nSPS) is 11.9. The Bertz CT molecular complexity index is 1660. The number of hydrogen-bond donors (Lipinski definition) is 0. The van der Waals surface area contributed by atoms with Crippen molar-refractivity contribution >= 4 is 21.8 Å². The third-order valence-corrected chi connectivity index (χ3v) is 7.18. The Kier molecular flexibility index (Phi) is 5.11. The van der Waals surface area contributed by atoms with E-state index in [1.165, 1.54) is 10.9 Å². The number of ether oxygens (including phenoxy) is 1. The van der Waals surface area contributed by atoms with E-state index in [-0.39, 0.29) is 0 Å². The molecule has 0 atom stereocenters. The van der Waals surface area contributed by atoms with E-state index in [4.69, 9.17) is 14.7 Å². The van der Waals surface area contributed by atoms with Crippen LogP contribution in [0.5, 0.6) is 5.88 Å². The van der Waals surface area contributed by atoms with Crippen LogP contribution in [0.4, 0.5) is 0 Å². The molecule has 36 heavy (non-hydrogen) atoms. The average Bonchev–Trinajstić information content (AvgIpc) is 3.51. The van der Waals surface area contributed by atoms with E-state index in [0.717, 1.165) is 38.9 Å². The zero-order chi connectivity index (χ0) is 24.9. The molecule has 0 N–H and O–H groups in total. The Hall–Kier alpha value is -4.45. The minimum Gasteiger partial charge on any atom is -0.479 e. The van der Waals surface area contributed by atoms with Crippen molar-refractivity contribution in [2.45, 2.75) is 19.4 Å². The highest BCUT2D eigenvalue weighted by atomic mass is 16.5. The van der Waals surface area contributed by atoms with Crippen LogP contribution < -0.4 is 4.74 Å². The van der Waals surface area contributed by atoms with E-state index in [1.807, 2.05) is 43.7 Å². The van der Waals surface area contributed by atoms with Crippen molar-refractivity contribution < 1.29 is 4.74 Å². The molecule has 0 spiro atoms. The van der Waals surface area contributed by atoms with Gasteiger partial charge in [-0.15, -0.1) is 0 Å². The lowest BCUT2D eigenvalue weighted by molar-refractivity contribution is 0.401. The first-order chi connectivity index (χ1) is 17.5. The molecule has 0 saturated heterocycles. The van der Waals surface area contributed by atoms with Gasteiger partial charge in [0, 0.05) is 54.4 Å². The lowest BCUT2D eigenvalue weighted by Crippen LogP contribution is -2.34. The van der Waals surface area contributed by atoms with Crippen LogP contribution in [-0.4, -0.2) is 31.2 Å². The molecule has 5 heterocycles. The summed E-state index contributed by atoms with van der Waals surface area (Å²) in [6.45, 7) is 4.36. The van der Waals surface area contributed by atoms with Crippen LogP contribution in [0.2, 0.25) is 0 Å². The maximum Gasteiger partial charge on any atom is 0.238 e. The highest BCUT2D eigenvalue weighted by Crippen LogP contribution is 2.39. The predicted molar refractivity (Wildman–Crippen MR) is 143 cm³/mol. The molecule has 0 bridgehead atoms.